The van der Waals surface area contributed by atoms with Crippen LogP contribution in [0.1, 0.15) is 25.7 Å². The summed E-state index contributed by atoms with van der Waals surface area (Å²) < 4.78 is 0. The zero-order valence-electron chi connectivity index (χ0n) is 11.2. The van der Waals surface area contributed by atoms with Crippen molar-refractivity contribution in [3.05, 3.63) is 57.3 Å². The molecule has 2 rings (SSSR count). The molecule has 0 spiro atoms. The molecule has 1 heterocycles. The number of amides is 1. The molecule has 0 aliphatic heterocycles. The van der Waals surface area contributed by atoms with Crippen LogP contribution in [-0.2, 0) is 13.1 Å². The van der Waals surface area contributed by atoms with Gasteiger partial charge in [-0.3, -0.25) is 4.79 Å². The molecule has 1 amide bonds. The minimum atomic E-state index is -0.0476. The molecule has 0 fully saturated rings. The molecular weight excluding hydrogens is 256 g/mol. The Labute approximate surface area is 117 Å². The van der Waals surface area contributed by atoms with Crippen LogP contribution in [0.2, 0.25) is 0 Å². The molecule has 2 aromatic rings. The molecule has 0 aliphatic rings. The first-order valence-electron chi connectivity index (χ1n) is 6.26. The lowest BCUT2D eigenvalue weighted by Crippen LogP contribution is -2.18. The van der Waals surface area contributed by atoms with Crippen LogP contribution in [0.4, 0.5) is 0 Å². The minimum absolute atomic E-state index is 0.0476. The maximum atomic E-state index is 11.4. The third-order valence-electron chi connectivity index (χ3n) is 2.87. The average molecular weight is 274 g/mol. The van der Waals surface area contributed by atoms with Crippen molar-refractivity contribution in [2.24, 2.45) is 0 Å². The number of hydrogen-bond acceptors (Lipinski definition) is 3. The quantitative estimate of drug-likeness (QED) is 0.880. The molecular formula is C15H18N2OS. The lowest BCUT2D eigenvalue weighted by molar-refractivity contribution is 0.0963. The Morgan fingerprint density at radius 3 is 2.42 bits per heavy atom. The molecule has 0 atom stereocenters. The first-order chi connectivity index (χ1) is 9.19. The van der Waals surface area contributed by atoms with E-state index in [9.17, 15) is 4.79 Å². The minimum Gasteiger partial charge on any atom is -0.355 e. The van der Waals surface area contributed by atoms with E-state index in [4.69, 9.17) is 0 Å². The van der Waals surface area contributed by atoms with Gasteiger partial charge in [-0.05, 0) is 36.8 Å². The third kappa shape index (κ3) is 3.91. The lowest BCUT2D eigenvalue weighted by Gasteiger charge is -2.05. The zero-order valence-corrected chi connectivity index (χ0v) is 12.0. The topological polar surface area (TPSA) is 41.1 Å². The van der Waals surface area contributed by atoms with E-state index in [1.54, 1.807) is 7.05 Å². The number of rotatable bonds is 5. The number of aryl methyl sites for hydroxylation is 1. The van der Waals surface area contributed by atoms with E-state index in [0.717, 1.165) is 13.1 Å². The van der Waals surface area contributed by atoms with Gasteiger partial charge in [-0.1, -0.05) is 12.1 Å². The fourth-order valence-electron chi connectivity index (χ4n) is 1.83. The molecule has 0 saturated heterocycles. The molecule has 0 saturated carbocycles. The summed E-state index contributed by atoms with van der Waals surface area (Å²) in [6.07, 6.45) is 0. The van der Waals surface area contributed by atoms with Crippen molar-refractivity contribution in [2.75, 3.05) is 7.05 Å². The van der Waals surface area contributed by atoms with Crippen LogP contribution in [0.3, 0.4) is 0 Å². The largest absolute Gasteiger partial charge is 0.355 e. The molecule has 0 unspecified atom stereocenters. The van der Waals surface area contributed by atoms with Crippen molar-refractivity contribution >= 4 is 17.2 Å². The highest BCUT2D eigenvalue weighted by Gasteiger charge is 2.02. The maximum absolute atomic E-state index is 11.4. The van der Waals surface area contributed by atoms with Gasteiger partial charge in [-0.15, -0.1) is 11.3 Å². The summed E-state index contributed by atoms with van der Waals surface area (Å²) in [6.45, 7) is 3.81. The number of carbonyl (C=O) groups is 1. The first kappa shape index (κ1) is 13.8. The van der Waals surface area contributed by atoms with Gasteiger partial charge in [0, 0.05) is 35.5 Å². The van der Waals surface area contributed by atoms with Crippen molar-refractivity contribution in [1.82, 2.24) is 10.6 Å². The van der Waals surface area contributed by atoms with Crippen LogP contribution in [0.15, 0.2) is 36.4 Å². The molecule has 4 heteroatoms. The predicted molar refractivity (Wildman–Crippen MR) is 79.4 cm³/mol. The molecule has 1 aromatic heterocycles. The number of nitrogens with one attached hydrogen (secondary N) is 2. The van der Waals surface area contributed by atoms with E-state index in [1.165, 1.54) is 15.3 Å². The van der Waals surface area contributed by atoms with E-state index in [1.807, 2.05) is 35.6 Å². The van der Waals surface area contributed by atoms with Gasteiger partial charge in [0.05, 0.1) is 0 Å². The van der Waals surface area contributed by atoms with Gasteiger partial charge in [-0.2, -0.15) is 0 Å². The van der Waals surface area contributed by atoms with Gasteiger partial charge in [-0.25, -0.2) is 0 Å². The summed E-state index contributed by atoms with van der Waals surface area (Å²) in [6, 6.07) is 12.0. The average Bonchev–Trinajstić information content (AvgIpc) is 2.84. The Morgan fingerprint density at radius 1 is 1.11 bits per heavy atom. The Balaban J connectivity index is 1.84. The van der Waals surface area contributed by atoms with Crippen LogP contribution in [0.25, 0.3) is 0 Å². The van der Waals surface area contributed by atoms with Crippen LogP contribution in [-0.4, -0.2) is 13.0 Å². The first-order valence-corrected chi connectivity index (χ1v) is 7.08. The fourth-order valence-corrected chi connectivity index (χ4v) is 2.69. The van der Waals surface area contributed by atoms with Gasteiger partial charge in [0.15, 0.2) is 0 Å². The van der Waals surface area contributed by atoms with Gasteiger partial charge in [0.2, 0.25) is 0 Å². The maximum Gasteiger partial charge on any atom is 0.251 e. The molecule has 2 N–H and O–H groups in total. The molecule has 0 bridgehead atoms. The van der Waals surface area contributed by atoms with Gasteiger partial charge in [0.25, 0.3) is 5.91 Å². The van der Waals surface area contributed by atoms with E-state index in [2.05, 4.69) is 29.7 Å². The molecule has 0 aliphatic carbocycles. The molecule has 100 valence electrons. The zero-order chi connectivity index (χ0) is 13.7. The van der Waals surface area contributed by atoms with Gasteiger partial charge >= 0.3 is 0 Å². The van der Waals surface area contributed by atoms with Crippen molar-refractivity contribution < 1.29 is 4.79 Å². The van der Waals surface area contributed by atoms with Crippen LogP contribution in [0.5, 0.6) is 0 Å². The molecule has 3 nitrogen and oxygen atoms in total. The SMILES string of the molecule is CNC(=O)c1ccc(CNCc2ccc(C)s2)cc1. The van der Waals surface area contributed by atoms with E-state index >= 15 is 0 Å². The van der Waals surface area contributed by atoms with E-state index < -0.39 is 0 Å². The standard InChI is InChI=1S/C15H18N2OS/c1-11-3-8-14(19-11)10-17-9-12-4-6-13(7-5-12)15(18)16-2/h3-8,17H,9-10H2,1-2H3,(H,16,18). The Bertz CT molecular complexity index is 546. The number of carbonyl (C=O) groups excluding carboxylic acids is 1. The second-order valence-corrected chi connectivity index (χ2v) is 5.76. The summed E-state index contributed by atoms with van der Waals surface area (Å²) in [5, 5.41) is 6.02. The molecule has 0 radical (unpaired) electrons. The van der Waals surface area contributed by atoms with Crippen LogP contribution < -0.4 is 10.6 Å². The van der Waals surface area contributed by atoms with Crippen molar-refractivity contribution in [1.29, 1.82) is 0 Å². The third-order valence-corrected chi connectivity index (χ3v) is 3.87. The highest BCUT2D eigenvalue weighted by atomic mass is 32.1. The molecule has 1 aromatic carbocycles. The summed E-state index contributed by atoms with van der Waals surface area (Å²) in [7, 11) is 1.64. The summed E-state index contributed by atoms with van der Waals surface area (Å²) in [4.78, 5) is 14.1. The predicted octanol–water partition coefficient (Wildman–Crippen LogP) is 2.71. The smallest absolute Gasteiger partial charge is 0.251 e. The Kier molecular flexibility index (Phi) is 4.71. The van der Waals surface area contributed by atoms with Gasteiger partial charge < -0.3 is 10.6 Å². The second kappa shape index (κ2) is 6.50. The molecule has 19 heavy (non-hydrogen) atoms. The van der Waals surface area contributed by atoms with Crippen LogP contribution in [0, 0.1) is 6.92 Å². The van der Waals surface area contributed by atoms with E-state index in [0.29, 0.717) is 5.56 Å². The van der Waals surface area contributed by atoms with E-state index in [-0.39, 0.29) is 5.91 Å². The number of hydrogen-bond donors (Lipinski definition) is 2. The van der Waals surface area contributed by atoms with Crippen molar-refractivity contribution in [3.8, 4) is 0 Å². The highest BCUT2D eigenvalue weighted by Crippen LogP contribution is 2.14. The Hall–Kier alpha value is -1.65. The lowest BCUT2D eigenvalue weighted by atomic mass is 10.1. The van der Waals surface area contributed by atoms with Crippen molar-refractivity contribution in [2.45, 2.75) is 20.0 Å². The second-order valence-electron chi connectivity index (χ2n) is 4.39. The summed E-state index contributed by atoms with van der Waals surface area (Å²) in [5.74, 6) is -0.0476. The summed E-state index contributed by atoms with van der Waals surface area (Å²) in [5.41, 5.74) is 1.88. The van der Waals surface area contributed by atoms with Crippen molar-refractivity contribution in [3.63, 3.8) is 0 Å². The number of thiophene rings is 1. The fraction of sp³-hybridized carbons (Fsp3) is 0.267. The summed E-state index contributed by atoms with van der Waals surface area (Å²) >= 11 is 1.82. The monoisotopic (exact) mass is 274 g/mol. The van der Waals surface area contributed by atoms with Crippen LogP contribution >= 0.6 is 11.3 Å². The normalized spacial score (nSPS) is 10.4. The van der Waals surface area contributed by atoms with Gasteiger partial charge in [0.1, 0.15) is 0 Å². The Morgan fingerprint density at radius 2 is 1.84 bits per heavy atom. The highest BCUT2D eigenvalue weighted by molar-refractivity contribution is 7.11. The number of benzene rings is 1.